The van der Waals surface area contributed by atoms with Crippen molar-refractivity contribution in [3.63, 3.8) is 0 Å². The average molecular weight is 185 g/mol. The number of likely N-dealkylation sites (tertiary alicyclic amines) is 1. The molecule has 0 aliphatic carbocycles. The molecule has 0 aromatic rings. The number of ether oxygens (including phenoxy) is 1. The van der Waals surface area contributed by atoms with Crippen molar-refractivity contribution in [3.8, 4) is 0 Å². The average Bonchev–Trinajstić information content (AvgIpc) is 2.51. The van der Waals surface area contributed by atoms with Crippen LogP contribution in [0.1, 0.15) is 33.1 Å². The van der Waals surface area contributed by atoms with Crippen molar-refractivity contribution in [2.24, 2.45) is 0 Å². The molecule has 0 saturated carbocycles. The Bertz CT molecular complexity index is 215. The topological polar surface area (TPSA) is 46.6 Å². The molecule has 0 spiro atoms. The van der Waals surface area contributed by atoms with Crippen molar-refractivity contribution in [2.75, 3.05) is 6.54 Å². The summed E-state index contributed by atoms with van der Waals surface area (Å²) >= 11 is 0. The highest BCUT2D eigenvalue weighted by atomic mass is 16.6. The molecular formula is C9H15NO3. The first kappa shape index (κ1) is 10.0. The number of hydrogen-bond acceptors (Lipinski definition) is 3. The van der Waals surface area contributed by atoms with Crippen molar-refractivity contribution >= 4 is 11.9 Å². The van der Waals surface area contributed by atoms with Gasteiger partial charge in [-0.3, -0.25) is 9.59 Å². The van der Waals surface area contributed by atoms with Gasteiger partial charge in [-0.05, 0) is 13.3 Å². The van der Waals surface area contributed by atoms with Crippen LogP contribution in [0.2, 0.25) is 0 Å². The summed E-state index contributed by atoms with van der Waals surface area (Å²) in [6, 6.07) is 0. The molecule has 1 amide bonds. The van der Waals surface area contributed by atoms with Crippen LogP contribution in [0.25, 0.3) is 0 Å². The molecule has 1 heterocycles. The third-order valence-corrected chi connectivity index (χ3v) is 2.14. The summed E-state index contributed by atoms with van der Waals surface area (Å²) < 4.78 is 5.02. The van der Waals surface area contributed by atoms with Gasteiger partial charge in [-0.15, -0.1) is 0 Å². The van der Waals surface area contributed by atoms with E-state index in [2.05, 4.69) is 0 Å². The molecule has 1 aliphatic heterocycles. The molecule has 13 heavy (non-hydrogen) atoms. The van der Waals surface area contributed by atoms with E-state index in [0.29, 0.717) is 19.4 Å². The molecule has 74 valence electrons. The zero-order valence-electron chi connectivity index (χ0n) is 8.08. The molecule has 1 atom stereocenters. The largest absolute Gasteiger partial charge is 0.442 e. The predicted octanol–water partition coefficient (Wildman–Crippen LogP) is 0.908. The van der Waals surface area contributed by atoms with E-state index in [4.69, 9.17) is 4.74 Å². The van der Waals surface area contributed by atoms with Crippen LogP contribution in [0.15, 0.2) is 0 Å². The summed E-state index contributed by atoms with van der Waals surface area (Å²) in [7, 11) is 0. The van der Waals surface area contributed by atoms with Crippen molar-refractivity contribution in [1.29, 1.82) is 0 Å². The summed E-state index contributed by atoms with van der Waals surface area (Å²) in [5.41, 5.74) is 0. The van der Waals surface area contributed by atoms with Crippen molar-refractivity contribution in [2.45, 2.75) is 39.3 Å². The molecule has 4 nitrogen and oxygen atoms in total. The van der Waals surface area contributed by atoms with Gasteiger partial charge < -0.3 is 9.64 Å². The Morgan fingerprint density at radius 1 is 1.69 bits per heavy atom. The second kappa shape index (κ2) is 4.25. The van der Waals surface area contributed by atoms with Gasteiger partial charge in [0.25, 0.3) is 0 Å². The highest BCUT2D eigenvalue weighted by Gasteiger charge is 2.26. The zero-order chi connectivity index (χ0) is 9.84. The lowest BCUT2D eigenvalue weighted by molar-refractivity contribution is -0.160. The minimum absolute atomic E-state index is 0.0800. The Labute approximate surface area is 77.8 Å². The molecule has 1 fully saturated rings. The fraction of sp³-hybridized carbons (Fsp3) is 0.778. The number of hydrogen-bond donors (Lipinski definition) is 0. The highest BCUT2D eigenvalue weighted by molar-refractivity contribution is 5.78. The van der Waals surface area contributed by atoms with Crippen LogP contribution < -0.4 is 0 Å². The SMILES string of the molecule is CCC(=O)OC(C)N1CCCC1=O. The molecule has 0 N–H and O–H groups in total. The summed E-state index contributed by atoms with van der Waals surface area (Å²) in [6.07, 6.45) is 1.40. The van der Waals surface area contributed by atoms with E-state index in [9.17, 15) is 9.59 Å². The number of carbonyl (C=O) groups is 2. The Morgan fingerprint density at radius 2 is 2.38 bits per heavy atom. The van der Waals surface area contributed by atoms with Gasteiger partial charge in [0.05, 0.1) is 0 Å². The minimum Gasteiger partial charge on any atom is -0.442 e. The second-order valence-corrected chi connectivity index (χ2v) is 3.13. The maximum Gasteiger partial charge on any atom is 0.307 e. The zero-order valence-corrected chi connectivity index (χ0v) is 8.08. The van der Waals surface area contributed by atoms with Crippen LogP contribution in [0.3, 0.4) is 0 Å². The van der Waals surface area contributed by atoms with Gasteiger partial charge >= 0.3 is 5.97 Å². The Morgan fingerprint density at radius 3 is 2.85 bits per heavy atom. The molecule has 1 saturated heterocycles. The van der Waals surface area contributed by atoms with E-state index in [1.807, 2.05) is 0 Å². The van der Waals surface area contributed by atoms with Crippen LogP contribution in [-0.4, -0.2) is 29.5 Å². The summed E-state index contributed by atoms with van der Waals surface area (Å²) in [4.78, 5) is 23.8. The van der Waals surface area contributed by atoms with Gasteiger partial charge in [0, 0.05) is 19.4 Å². The van der Waals surface area contributed by atoms with Crippen LogP contribution in [0, 0.1) is 0 Å². The second-order valence-electron chi connectivity index (χ2n) is 3.13. The molecule has 1 rings (SSSR count). The molecule has 4 heteroatoms. The molecular weight excluding hydrogens is 170 g/mol. The Hall–Kier alpha value is -1.06. The van der Waals surface area contributed by atoms with Gasteiger partial charge in [0.2, 0.25) is 5.91 Å². The third kappa shape index (κ3) is 2.44. The third-order valence-electron chi connectivity index (χ3n) is 2.14. The van der Waals surface area contributed by atoms with Crippen molar-refractivity contribution in [3.05, 3.63) is 0 Å². The standard InChI is InChI=1S/C9H15NO3/c1-3-9(12)13-7(2)10-6-4-5-8(10)11/h7H,3-6H2,1-2H3. The lowest BCUT2D eigenvalue weighted by atomic mass is 10.4. The fourth-order valence-corrected chi connectivity index (χ4v) is 1.39. The van der Waals surface area contributed by atoms with Crippen LogP contribution >= 0.6 is 0 Å². The maximum atomic E-state index is 11.2. The van der Waals surface area contributed by atoms with E-state index in [1.165, 1.54) is 0 Å². The molecule has 0 aromatic carbocycles. The van der Waals surface area contributed by atoms with E-state index >= 15 is 0 Å². The van der Waals surface area contributed by atoms with E-state index < -0.39 is 6.23 Å². The number of carbonyl (C=O) groups excluding carboxylic acids is 2. The summed E-state index contributed by atoms with van der Waals surface area (Å²) in [6.45, 7) is 4.18. The maximum absolute atomic E-state index is 11.2. The first-order chi connectivity index (χ1) is 6.15. The lowest BCUT2D eigenvalue weighted by Crippen LogP contribution is -2.37. The Kier molecular flexibility index (Phi) is 3.28. The lowest BCUT2D eigenvalue weighted by Gasteiger charge is -2.23. The first-order valence-corrected chi connectivity index (χ1v) is 4.64. The van der Waals surface area contributed by atoms with Crippen LogP contribution in [-0.2, 0) is 14.3 Å². The molecule has 0 radical (unpaired) electrons. The van der Waals surface area contributed by atoms with Gasteiger partial charge in [0.1, 0.15) is 0 Å². The quantitative estimate of drug-likeness (QED) is 0.614. The molecule has 0 bridgehead atoms. The van der Waals surface area contributed by atoms with Crippen molar-refractivity contribution < 1.29 is 14.3 Å². The summed E-state index contributed by atoms with van der Waals surface area (Å²) in [5, 5.41) is 0. The van der Waals surface area contributed by atoms with Gasteiger partial charge in [0.15, 0.2) is 6.23 Å². The molecule has 1 aliphatic rings. The van der Waals surface area contributed by atoms with Crippen molar-refractivity contribution in [1.82, 2.24) is 4.90 Å². The van der Waals surface area contributed by atoms with Crippen LogP contribution in [0.4, 0.5) is 0 Å². The smallest absolute Gasteiger partial charge is 0.307 e. The van der Waals surface area contributed by atoms with Gasteiger partial charge in [-0.25, -0.2) is 0 Å². The minimum atomic E-state index is -0.401. The number of nitrogens with zero attached hydrogens (tertiary/aromatic N) is 1. The number of amides is 1. The fourth-order valence-electron chi connectivity index (χ4n) is 1.39. The molecule has 1 unspecified atom stereocenters. The molecule has 0 aromatic heterocycles. The monoisotopic (exact) mass is 185 g/mol. The van der Waals surface area contributed by atoms with E-state index in [-0.39, 0.29) is 11.9 Å². The van der Waals surface area contributed by atoms with Gasteiger partial charge in [-0.2, -0.15) is 0 Å². The highest BCUT2D eigenvalue weighted by Crippen LogP contribution is 2.14. The van der Waals surface area contributed by atoms with E-state index in [0.717, 1.165) is 6.42 Å². The van der Waals surface area contributed by atoms with Crippen LogP contribution in [0.5, 0.6) is 0 Å². The first-order valence-electron chi connectivity index (χ1n) is 4.64. The van der Waals surface area contributed by atoms with E-state index in [1.54, 1.807) is 18.7 Å². The number of esters is 1. The predicted molar refractivity (Wildman–Crippen MR) is 46.8 cm³/mol. The normalized spacial score (nSPS) is 18.9. The Balaban J connectivity index is 2.42. The van der Waals surface area contributed by atoms with Gasteiger partial charge in [-0.1, -0.05) is 6.92 Å². The number of rotatable bonds is 3. The summed E-state index contributed by atoms with van der Waals surface area (Å²) in [5.74, 6) is -0.177.